The summed E-state index contributed by atoms with van der Waals surface area (Å²) in [4.78, 5) is 3.97. The predicted molar refractivity (Wildman–Crippen MR) is 68.7 cm³/mol. The minimum absolute atomic E-state index is 0.113. The van der Waals surface area contributed by atoms with Gasteiger partial charge in [-0.25, -0.2) is 4.98 Å². The summed E-state index contributed by atoms with van der Waals surface area (Å²) in [5.41, 5.74) is 0.00592. The van der Waals surface area contributed by atoms with E-state index in [0.29, 0.717) is 5.82 Å². The Labute approximate surface area is 113 Å². The smallest absolute Gasteiger partial charge is 0.340 e. The summed E-state index contributed by atoms with van der Waals surface area (Å²) in [5.74, 6) is 0.341. The second kappa shape index (κ2) is 5.09. The van der Waals surface area contributed by atoms with E-state index < -0.39 is 11.7 Å². The molecule has 1 aromatic heterocycles. The quantitative estimate of drug-likeness (QED) is 0.857. The predicted octanol–water partition coefficient (Wildman–Crippen LogP) is 4.81. The fraction of sp³-hybridized carbons (Fsp3) is 0.154. The lowest BCUT2D eigenvalue weighted by Gasteiger charge is -2.14. The maximum Gasteiger partial charge on any atom is 0.418 e. The van der Waals surface area contributed by atoms with Gasteiger partial charge < -0.3 is 5.32 Å². The van der Waals surface area contributed by atoms with E-state index in [-0.39, 0.29) is 10.7 Å². The van der Waals surface area contributed by atoms with Crippen LogP contribution in [0.1, 0.15) is 11.1 Å². The molecule has 0 aliphatic carbocycles. The first-order valence-electron chi connectivity index (χ1n) is 5.43. The zero-order chi connectivity index (χ0) is 14.0. The number of rotatable bonds is 2. The highest BCUT2D eigenvalue weighted by atomic mass is 35.5. The number of aromatic nitrogens is 1. The summed E-state index contributed by atoms with van der Waals surface area (Å²) in [6.45, 7) is 1.83. The van der Waals surface area contributed by atoms with Gasteiger partial charge in [0.2, 0.25) is 0 Å². The molecule has 0 aliphatic rings. The van der Waals surface area contributed by atoms with Crippen LogP contribution in [0.3, 0.4) is 0 Å². The Kier molecular flexibility index (Phi) is 3.66. The van der Waals surface area contributed by atoms with Crippen molar-refractivity contribution in [3.8, 4) is 0 Å². The van der Waals surface area contributed by atoms with Crippen LogP contribution < -0.4 is 5.32 Å². The lowest BCUT2D eigenvalue weighted by molar-refractivity contribution is -0.136. The standard InChI is InChI=1S/C13H10ClF3N2/c1-8-4-5-18-12(6-8)19-11-7-9(14)2-3-10(11)13(15,16)17/h2-7H,1H3,(H,18,19). The van der Waals surface area contributed by atoms with Gasteiger partial charge in [-0.15, -0.1) is 0 Å². The van der Waals surface area contributed by atoms with Crippen LogP contribution in [0.4, 0.5) is 24.7 Å². The highest BCUT2D eigenvalue weighted by molar-refractivity contribution is 6.30. The number of anilines is 2. The third-order valence-corrected chi connectivity index (χ3v) is 2.70. The Bertz CT molecular complexity index is 597. The zero-order valence-electron chi connectivity index (χ0n) is 9.92. The monoisotopic (exact) mass is 286 g/mol. The van der Waals surface area contributed by atoms with E-state index in [9.17, 15) is 13.2 Å². The van der Waals surface area contributed by atoms with Crippen LogP contribution in [-0.2, 0) is 6.18 Å². The molecule has 2 rings (SSSR count). The van der Waals surface area contributed by atoms with Crippen LogP contribution in [0, 0.1) is 6.92 Å². The molecule has 100 valence electrons. The average molecular weight is 287 g/mol. The van der Waals surface area contributed by atoms with Gasteiger partial charge in [0.15, 0.2) is 0 Å². The van der Waals surface area contributed by atoms with Crippen molar-refractivity contribution >= 4 is 23.1 Å². The number of nitrogens with zero attached hydrogens (tertiary/aromatic N) is 1. The van der Waals surface area contributed by atoms with Gasteiger partial charge in [-0.1, -0.05) is 11.6 Å². The molecule has 2 nitrogen and oxygen atoms in total. The lowest BCUT2D eigenvalue weighted by Crippen LogP contribution is -2.09. The Morgan fingerprint density at radius 3 is 2.53 bits per heavy atom. The molecule has 0 aliphatic heterocycles. The van der Waals surface area contributed by atoms with Crippen LogP contribution in [0.2, 0.25) is 5.02 Å². The van der Waals surface area contributed by atoms with Crippen molar-refractivity contribution in [3.63, 3.8) is 0 Å². The molecule has 0 unspecified atom stereocenters. The van der Waals surface area contributed by atoms with Crippen molar-refractivity contribution in [2.24, 2.45) is 0 Å². The highest BCUT2D eigenvalue weighted by Crippen LogP contribution is 2.37. The van der Waals surface area contributed by atoms with Crippen molar-refractivity contribution in [2.45, 2.75) is 13.1 Å². The Morgan fingerprint density at radius 2 is 1.89 bits per heavy atom. The van der Waals surface area contributed by atoms with Crippen molar-refractivity contribution in [1.29, 1.82) is 0 Å². The second-order valence-electron chi connectivity index (χ2n) is 4.03. The van der Waals surface area contributed by atoms with Gasteiger partial charge in [0.25, 0.3) is 0 Å². The molecule has 0 spiro atoms. The van der Waals surface area contributed by atoms with E-state index in [1.807, 2.05) is 6.92 Å². The molecule has 1 aromatic carbocycles. The summed E-state index contributed by atoms with van der Waals surface area (Å²) in [6.07, 6.45) is -2.92. The van der Waals surface area contributed by atoms with Crippen molar-refractivity contribution in [2.75, 3.05) is 5.32 Å². The van der Waals surface area contributed by atoms with E-state index >= 15 is 0 Å². The SMILES string of the molecule is Cc1ccnc(Nc2cc(Cl)ccc2C(F)(F)F)c1. The van der Waals surface area contributed by atoms with Crippen molar-refractivity contribution in [1.82, 2.24) is 4.98 Å². The summed E-state index contributed by atoms with van der Waals surface area (Å²) in [5, 5.41) is 2.87. The molecule has 0 fully saturated rings. The fourth-order valence-electron chi connectivity index (χ4n) is 1.61. The minimum Gasteiger partial charge on any atom is -0.340 e. The zero-order valence-corrected chi connectivity index (χ0v) is 10.7. The van der Waals surface area contributed by atoms with Gasteiger partial charge in [0, 0.05) is 11.2 Å². The van der Waals surface area contributed by atoms with E-state index in [0.717, 1.165) is 11.6 Å². The summed E-state index contributed by atoms with van der Waals surface area (Å²) < 4.78 is 38.6. The van der Waals surface area contributed by atoms with E-state index in [4.69, 9.17) is 11.6 Å². The highest BCUT2D eigenvalue weighted by Gasteiger charge is 2.33. The molecule has 19 heavy (non-hydrogen) atoms. The van der Waals surface area contributed by atoms with Gasteiger partial charge >= 0.3 is 6.18 Å². The van der Waals surface area contributed by atoms with Gasteiger partial charge in [-0.3, -0.25) is 0 Å². The first-order valence-corrected chi connectivity index (χ1v) is 5.80. The topological polar surface area (TPSA) is 24.9 Å². The summed E-state index contributed by atoms with van der Waals surface area (Å²) >= 11 is 5.74. The Hall–Kier alpha value is -1.75. The maximum atomic E-state index is 12.9. The number of nitrogens with one attached hydrogen (secondary N) is 1. The van der Waals surface area contributed by atoms with Crippen LogP contribution in [-0.4, -0.2) is 4.98 Å². The number of halogens is 4. The molecule has 0 radical (unpaired) electrons. The summed E-state index contributed by atoms with van der Waals surface area (Å²) in [6, 6.07) is 6.79. The second-order valence-corrected chi connectivity index (χ2v) is 4.47. The molecule has 6 heteroatoms. The third-order valence-electron chi connectivity index (χ3n) is 2.47. The molecule has 0 amide bonds. The van der Waals surface area contributed by atoms with Gasteiger partial charge in [0.05, 0.1) is 11.3 Å². The van der Waals surface area contributed by atoms with E-state index in [1.165, 1.54) is 18.3 Å². The van der Waals surface area contributed by atoms with Crippen LogP contribution in [0.5, 0.6) is 0 Å². The fourth-order valence-corrected chi connectivity index (χ4v) is 1.78. The summed E-state index contributed by atoms with van der Waals surface area (Å²) in [7, 11) is 0. The molecule has 0 saturated heterocycles. The molecule has 1 N–H and O–H groups in total. The van der Waals surface area contributed by atoms with E-state index in [2.05, 4.69) is 10.3 Å². The number of hydrogen-bond acceptors (Lipinski definition) is 2. The molecule has 2 aromatic rings. The molecule has 0 saturated carbocycles. The largest absolute Gasteiger partial charge is 0.418 e. The van der Waals surface area contributed by atoms with Crippen LogP contribution >= 0.6 is 11.6 Å². The Balaban J connectivity index is 2.41. The van der Waals surface area contributed by atoms with Gasteiger partial charge in [-0.2, -0.15) is 13.2 Å². The Morgan fingerprint density at radius 1 is 1.16 bits per heavy atom. The number of alkyl halides is 3. The molecular formula is C13H10ClF3N2. The normalized spacial score (nSPS) is 11.4. The first kappa shape index (κ1) is 13.7. The molecule has 1 heterocycles. The molecule has 0 bridgehead atoms. The third kappa shape index (κ3) is 3.38. The van der Waals surface area contributed by atoms with Gasteiger partial charge in [0.1, 0.15) is 5.82 Å². The first-order chi connectivity index (χ1) is 8.86. The minimum atomic E-state index is -4.45. The number of pyridine rings is 1. The molecule has 0 atom stereocenters. The van der Waals surface area contributed by atoms with Crippen molar-refractivity contribution in [3.05, 3.63) is 52.7 Å². The lowest BCUT2D eigenvalue weighted by atomic mass is 10.1. The molecular weight excluding hydrogens is 277 g/mol. The average Bonchev–Trinajstić information content (AvgIpc) is 2.27. The number of aryl methyl sites for hydroxylation is 1. The van der Waals surface area contributed by atoms with Crippen LogP contribution in [0.25, 0.3) is 0 Å². The van der Waals surface area contributed by atoms with E-state index in [1.54, 1.807) is 12.1 Å². The van der Waals surface area contributed by atoms with Crippen LogP contribution in [0.15, 0.2) is 36.5 Å². The van der Waals surface area contributed by atoms with Gasteiger partial charge in [-0.05, 0) is 42.8 Å². The number of benzene rings is 1. The van der Waals surface area contributed by atoms with Crippen molar-refractivity contribution < 1.29 is 13.2 Å². The maximum absolute atomic E-state index is 12.9. The number of hydrogen-bond donors (Lipinski definition) is 1.